The number of primary sulfonamides is 1. The summed E-state index contributed by atoms with van der Waals surface area (Å²) < 4.78 is 22.0. The summed E-state index contributed by atoms with van der Waals surface area (Å²) in [6, 6.07) is 1.72. The lowest BCUT2D eigenvalue weighted by Gasteiger charge is -2.15. The monoisotopic (exact) mass is 270 g/mol. The van der Waals surface area contributed by atoms with Crippen LogP contribution in [-0.4, -0.2) is 41.5 Å². The van der Waals surface area contributed by atoms with E-state index in [9.17, 15) is 13.2 Å². The van der Waals surface area contributed by atoms with Crippen molar-refractivity contribution in [2.75, 3.05) is 12.3 Å². The van der Waals surface area contributed by atoms with E-state index < -0.39 is 10.0 Å². The highest BCUT2D eigenvalue weighted by Gasteiger charge is 2.31. The molecule has 1 amide bonds. The van der Waals surface area contributed by atoms with E-state index in [1.165, 1.54) is 6.33 Å². The number of aromatic nitrogens is 2. The summed E-state index contributed by atoms with van der Waals surface area (Å²) in [4.78, 5) is 21.1. The minimum absolute atomic E-state index is 0.0673. The lowest BCUT2D eigenvalue weighted by Crippen LogP contribution is -2.27. The molecule has 1 aliphatic heterocycles. The number of carbonyl (C=O) groups is 1. The molecule has 1 fully saturated rings. The molecule has 0 aliphatic carbocycles. The maximum Gasteiger partial charge on any atom is 0.223 e. The van der Waals surface area contributed by atoms with Crippen LogP contribution < -0.4 is 5.14 Å². The van der Waals surface area contributed by atoms with Crippen LogP contribution in [0.3, 0.4) is 0 Å². The van der Waals surface area contributed by atoms with Gasteiger partial charge in [-0.2, -0.15) is 0 Å². The van der Waals surface area contributed by atoms with Gasteiger partial charge in [0.2, 0.25) is 15.9 Å². The van der Waals surface area contributed by atoms with Crippen LogP contribution in [0.5, 0.6) is 0 Å². The average Bonchev–Trinajstić information content (AvgIpc) is 2.58. The summed E-state index contributed by atoms with van der Waals surface area (Å²) in [5.41, 5.74) is 0.731. The van der Waals surface area contributed by atoms with E-state index in [1.54, 1.807) is 17.2 Å². The number of amides is 1. The number of likely N-dealkylation sites (tertiary alicyclic amines) is 1. The number of hydrogen-bond acceptors (Lipinski definition) is 5. The van der Waals surface area contributed by atoms with E-state index in [0.717, 1.165) is 5.69 Å². The van der Waals surface area contributed by atoms with Crippen LogP contribution in [0, 0.1) is 5.92 Å². The van der Waals surface area contributed by atoms with Gasteiger partial charge in [0, 0.05) is 25.1 Å². The number of nitrogens with two attached hydrogens (primary N) is 1. The molecule has 1 unspecified atom stereocenters. The molecule has 2 rings (SSSR count). The third-order valence-corrected chi connectivity index (χ3v) is 3.69. The predicted molar refractivity (Wildman–Crippen MR) is 63.5 cm³/mol. The summed E-state index contributed by atoms with van der Waals surface area (Å²) in [6.07, 6.45) is 3.24. The fourth-order valence-corrected chi connectivity index (χ4v) is 2.93. The molecule has 8 heteroatoms. The Morgan fingerprint density at radius 3 is 2.89 bits per heavy atom. The van der Waals surface area contributed by atoms with Gasteiger partial charge >= 0.3 is 0 Å². The molecule has 0 bridgehead atoms. The third kappa shape index (κ3) is 3.47. The van der Waals surface area contributed by atoms with Gasteiger partial charge in [-0.1, -0.05) is 0 Å². The topological polar surface area (TPSA) is 106 Å². The van der Waals surface area contributed by atoms with E-state index in [1.807, 2.05) is 0 Å². The van der Waals surface area contributed by atoms with Crippen LogP contribution in [0.25, 0.3) is 0 Å². The zero-order chi connectivity index (χ0) is 13.2. The van der Waals surface area contributed by atoms with E-state index >= 15 is 0 Å². The van der Waals surface area contributed by atoms with Gasteiger partial charge < -0.3 is 4.90 Å². The van der Waals surface area contributed by atoms with Gasteiger partial charge in [0.1, 0.15) is 6.33 Å². The van der Waals surface area contributed by atoms with Crippen LogP contribution in [0.15, 0.2) is 18.6 Å². The van der Waals surface area contributed by atoms with Crippen molar-refractivity contribution in [2.24, 2.45) is 11.1 Å². The minimum Gasteiger partial charge on any atom is -0.336 e. The highest BCUT2D eigenvalue weighted by Crippen LogP contribution is 2.20. The van der Waals surface area contributed by atoms with Gasteiger partial charge in [0.15, 0.2) is 0 Å². The highest BCUT2D eigenvalue weighted by atomic mass is 32.2. The molecule has 98 valence electrons. The molecule has 18 heavy (non-hydrogen) atoms. The van der Waals surface area contributed by atoms with Gasteiger partial charge in [0.25, 0.3) is 0 Å². The van der Waals surface area contributed by atoms with Crippen molar-refractivity contribution in [3.8, 4) is 0 Å². The van der Waals surface area contributed by atoms with Crippen molar-refractivity contribution >= 4 is 15.9 Å². The lowest BCUT2D eigenvalue weighted by molar-refractivity contribution is -0.128. The number of hydrogen-bond donors (Lipinski definition) is 1. The van der Waals surface area contributed by atoms with Gasteiger partial charge in [-0.15, -0.1) is 0 Å². The van der Waals surface area contributed by atoms with Crippen LogP contribution in [0.2, 0.25) is 0 Å². The number of sulfonamides is 1. The number of carbonyl (C=O) groups excluding carboxylic acids is 1. The van der Waals surface area contributed by atoms with Crippen LogP contribution in [-0.2, 0) is 21.4 Å². The Labute approximate surface area is 105 Å². The standard InChI is InChI=1S/C10H14N4O3S/c11-18(16,17)6-8-3-10(15)14(4-8)5-9-1-2-12-7-13-9/h1-2,7-8H,3-6H2,(H2,11,16,17). The van der Waals surface area contributed by atoms with E-state index in [0.29, 0.717) is 13.1 Å². The largest absolute Gasteiger partial charge is 0.336 e. The molecule has 1 aromatic rings. The Morgan fingerprint density at radius 2 is 2.28 bits per heavy atom. The summed E-state index contributed by atoms with van der Waals surface area (Å²) in [6.45, 7) is 0.780. The molecular weight excluding hydrogens is 256 g/mol. The Morgan fingerprint density at radius 1 is 1.50 bits per heavy atom. The Bertz CT molecular complexity index is 531. The van der Waals surface area contributed by atoms with Crippen molar-refractivity contribution in [3.05, 3.63) is 24.3 Å². The van der Waals surface area contributed by atoms with Crippen molar-refractivity contribution in [3.63, 3.8) is 0 Å². The summed E-state index contributed by atoms with van der Waals surface area (Å²) in [5.74, 6) is -0.449. The Balaban J connectivity index is 1.98. The molecule has 1 saturated heterocycles. The molecule has 0 aromatic carbocycles. The Hall–Kier alpha value is -1.54. The molecule has 1 atom stereocenters. The first kappa shape index (κ1) is 12.9. The van der Waals surface area contributed by atoms with Crippen molar-refractivity contribution < 1.29 is 13.2 Å². The van der Waals surface area contributed by atoms with Crippen LogP contribution >= 0.6 is 0 Å². The lowest BCUT2D eigenvalue weighted by atomic mass is 10.1. The van der Waals surface area contributed by atoms with Gasteiger partial charge in [-0.25, -0.2) is 23.5 Å². The fourth-order valence-electron chi connectivity index (χ4n) is 2.05. The summed E-state index contributed by atoms with van der Waals surface area (Å²) in [5, 5.41) is 4.98. The normalized spacial score (nSPS) is 20.4. The van der Waals surface area contributed by atoms with Crippen molar-refractivity contribution in [1.82, 2.24) is 14.9 Å². The second-order valence-electron chi connectivity index (χ2n) is 4.37. The molecule has 0 spiro atoms. The van der Waals surface area contributed by atoms with E-state index in [-0.39, 0.29) is 24.0 Å². The maximum absolute atomic E-state index is 11.7. The number of nitrogens with zero attached hydrogens (tertiary/aromatic N) is 3. The van der Waals surface area contributed by atoms with Crippen molar-refractivity contribution in [1.29, 1.82) is 0 Å². The van der Waals surface area contributed by atoms with Gasteiger partial charge in [-0.05, 0) is 6.07 Å². The van der Waals surface area contributed by atoms with E-state index in [2.05, 4.69) is 9.97 Å². The van der Waals surface area contributed by atoms with Gasteiger partial charge in [0.05, 0.1) is 18.0 Å². The molecule has 0 saturated carbocycles. The molecule has 1 aliphatic rings. The maximum atomic E-state index is 11.7. The molecule has 1 aromatic heterocycles. The van der Waals surface area contributed by atoms with Crippen LogP contribution in [0.4, 0.5) is 0 Å². The average molecular weight is 270 g/mol. The summed E-state index contributed by atoms with van der Waals surface area (Å²) >= 11 is 0. The molecule has 7 nitrogen and oxygen atoms in total. The van der Waals surface area contributed by atoms with Crippen molar-refractivity contribution in [2.45, 2.75) is 13.0 Å². The highest BCUT2D eigenvalue weighted by molar-refractivity contribution is 7.89. The predicted octanol–water partition coefficient (Wildman–Crippen LogP) is -0.886. The Kier molecular flexibility index (Phi) is 3.58. The van der Waals surface area contributed by atoms with Crippen LogP contribution in [0.1, 0.15) is 12.1 Å². The first-order chi connectivity index (χ1) is 8.44. The second kappa shape index (κ2) is 4.99. The molecule has 2 N–H and O–H groups in total. The smallest absolute Gasteiger partial charge is 0.223 e. The van der Waals surface area contributed by atoms with Gasteiger partial charge in [-0.3, -0.25) is 4.79 Å². The zero-order valence-corrected chi connectivity index (χ0v) is 10.5. The first-order valence-electron chi connectivity index (χ1n) is 5.47. The first-order valence-corrected chi connectivity index (χ1v) is 7.19. The summed E-state index contributed by atoms with van der Waals surface area (Å²) in [7, 11) is -3.53. The second-order valence-corrected chi connectivity index (χ2v) is 6.03. The molecule has 2 heterocycles. The van der Waals surface area contributed by atoms with E-state index in [4.69, 9.17) is 5.14 Å². The molecule has 0 radical (unpaired) electrons. The minimum atomic E-state index is -3.53. The third-order valence-electron chi connectivity index (χ3n) is 2.76. The molecular formula is C10H14N4O3S. The zero-order valence-electron chi connectivity index (χ0n) is 9.69. The quantitative estimate of drug-likeness (QED) is 0.764. The fraction of sp³-hybridized carbons (Fsp3) is 0.500. The number of rotatable bonds is 4. The SMILES string of the molecule is NS(=O)(=O)CC1CC(=O)N(Cc2ccncn2)C1.